The number of halogens is 1. The molecule has 0 fully saturated rings. The van der Waals surface area contributed by atoms with Gasteiger partial charge in [0.05, 0.1) is 6.61 Å². The lowest BCUT2D eigenvalue weighted by molar-refractivity contribution is 0.0534. The molecule has 2 N–H and O–H groups in total. The number of aliphatic hydroxyl groups is 2. The highest BCUT2D eigenvalue weighted by atomic mass is 127. The van der Waals surface area contributed by atoms with Crippen molar-refractivity contribution < 1.29 is 19.7 Å². The van der Waals surface area contributed by atoms with Gasteiger partial charge in [0.2, 0.25) is 0 Å². The van der Waals surface area contributed by atoms with E-state index in [2.05, 4.69) is 22.6 Å². The summed E-state index contributed by atoms with van der Waals surface area (Å²) in [4.78, 5) is 3.93. The number of benzene rings is 1. The highest BCUT2D eigenvalue weighted by molar-refractivity contribution is 14.1. The Morgan fingerprint density at radius 2 is 1.65 bits per heavy atom. The second-order valence-corrected chi connectivity index (χ2v) is 4.30. The molecule has 5 nitrogen and oxygen atoms in total. The minimum atomic E-state index is -0.852. The zero-order valence-electron chi connectivity index (χ0n) is 12.4. The normalized spacial score (nSPS) is 13.2. The summed E-state index contributed by atoms with van der Waals surface area (Å²) in [5.74, 6) is 1.39. The first-order valence-corrected chi connectivity index (χ1v) is 8.41. The van der Waals surface area contributed by atoms with Gasteiger partial charge in [-0.15, -0.1) is 0 Å². The molecule has 116 valence electrons. The number of rotatable bonds is 7. The molecule has 1 rings (SSSR count). The molecule has 0 radical (unpaired) electrons. The van der Waals surface area contributed by atoms with Crippen LogP contribution in [0.2, 0.25) is 0 Å². The largest absolute Gasteiger partial charge is 0.491 e. The van der Waals surface area contributed by atoms with Gasteiger partial charge < -0.3 is 19.7 Å². The minimum Gasteiger partial charge on any atom is -0.491 e. The molecule has 0 aliphatic rings. The van der Waals surface area contributed by atoms with Crippen LogP contribution < -0.4 is 9.47 Å². The average Bonchev–Trinajstić information content (AvgIpc) is 2.48. The zero-order valence-corrected chi connectivity index (χ0v) is 14.6. The summed E-state index contributed by atoms with van der Waals surface area (Å²) in [7, 11) is 3.89. The first-order valence-electron chi connectivity index (χ1n) is 6.25. The molecule has 0 bridgehead atoms. The van der Waals surface area contributed by atoms with Crippen LogP contribution in [-0.4, -0.2) is 59.7 Å². The fourth-order valence-corrected chi connectivity index (χ4v) is 1.16. The monoisotopic (exact) mass is 397 g/mol. The van der Waals surface area contributed by atoms with Crippen molar-refractivity contribution in [2.45, 2.75) is 19.3 Å². The van der Waals surface area contributed by atoms with Crippen molar-refractivity contribution in [2.24, 2.45) is 0 Å². The molecule has 0 spiro atoms. The van der Waals surface area contributed by atoms with Crippen LogP contribution >= 0.6 is 22.6 Å². The van der Waals surface area contributed by atoms with Gasteiger partial charge >= 0.3 is 0 Å². The summed E-state index contributed by atoms with van der Waals surface area (Å²) < 4.78 is 10.9. The van der Waals surface area contributed by atoms with Gasteiger partial charge in [0.25, 0.3) is 0 Å². The van der Waals surface area contributed by atoms with E-state index in [1.54, 1.807) is 24.3 Å². The van der Waals surface area contributed by atoms with E-state index < -0.39 is 6.10 Å². The molecule has 6 heteroatoms. The first-order chi connectivity index (χ1) is 9.52. The van der Waals surface area contributed by atoms with Crippen LogP contribution in [0.1, 0.15) is 6.92 Å². The Kier molecular flexibility index (Phi) is 10.8. The van der Waals surface area contributed by atoms with E-state index in [9.17, 15) is 0 Å². The van der Waals surface area contributed by atoms with Crippen molar-refractivity contribution >= 4 is 22.6 Å². The Hall–Kier alpha value is -0.570. The first kappa shape index (κ1) is 19.4. The van der Waals surface area contributed by atoms with E-state index in [0.717, 1.165) is 5.75 Å². The summed E-state index contributed by atoms with van der Waals surface area (Å²) in [6, 6.07) is 7.14. The molecule has 0 heterocycles. The molecule has 0 aliphatic carbocycles. The summed E-state index contributed by atoms with van der Waals surface area (Å²) in [6.45, 7) is 1.73. The number of nitrogens with zero attached hydrogens (tertiary/aromatic N) is 1. The smallest absolute Gasteiger partial charge is 0.149 e. The number of hydrogen-bond donors (Lipinski definition) is 2. The van der Waals surface area contributed by atoms with Crippen LogP contribution in [-0.2, 0) is 0 Å². The van der Waals surface area contributed by atoms with E-state index in [0.29, 0.717) is 5.75 Å². The topological polar surface area (TPSA) is 62.2 Å². The quantitative estimate of drug-likeness (QED) is 0.417. The summed E-state index contributed by atoms with van der Waals surface area (Å²) in [5.41, 5.74) is 0. The number of alkyl halides is 1. The average molecular weight is 397 g/mol. The lowest BCUT2D eigenvalue weighted by atomic mass is 10.3. The van der Waals surface area contributed by atoms with Crippen molar-refractivity contribution in [3.63, 3.8) is 0 Å². The maximum atomic E-state index is 9.15. The maximum absolute atomic E-state index is 9.15. The highest BCUT2D eigenvalue weighted by Gasteiger charge is 2.06. The Bertz CT molecular complexity index is 346. The third-order valence-corrected chi connectivity index (χ3v) is 2.51. The number of ether oxygens (including phenoxy) is 2. The molecule has 2 unspecified atom stereocenters. The van der Waals surface area contributed by atoms with Gasteiger partial charge in [0, 0.05) is 0 Å². The number of hydrogen-bond acceptors (Lipinski definition) is 5. The molecule has 0 amide bonds. The molecule has 0 saturated carbocycles. The van der Waals surface area contributed by atoms with Gasteiger partial charge in [-0.3, -0.25) is 4.90 Å². The van der Waals surface area contributed by atoms with Crippen molar-refractivity contribution in [2.75, 3.05) is 32.2 Å². The van der Waals surface area contributed by atoms with E-state index in [1.807, 2.05) is 30.8 Å². The Morgan fingerprint density at radius 1 is 1.15 bits per heavy atom. The van der Waals surface area contributed by atoms with Crippen LogP contribution in [0.3, 0.4) is 0 Å². The van der Waals surface area contributed by atoms with Gasteiger partial charge in [0.1, 0.15) is 30.4 Å². The second kappa shape index (κ2) is 11.1. The molecule has 1 aromatic carbocycles. The maximum Gasteiger partial charge on any atom is 0.149 e. The SMILES string of the molecule is CC(Oc1ccc(OCC(O)CO)cc1)N(C)C.CI. The lowest BCUT2D eigenvalue weighted by Crippen LogP contribution is -2.30. The predicted octanol–water partition coefficient (Wildman–Crippen LogP) is 1.76. The highest BCUT2D eigenvalue weighted by Crippen LogP contribution is 2.19. The van der Waals surface area contributed by atoms with Crippen LogP contribution in [0.5, 0.6) is 11.5 Å². The van der Waals surface area contributed by atoms with Crippen molar-refractivity contribution in [3.05, 3.63) is 24.3 Å². The Labute approximate surface area is 134 Å². The Balaban J connectivity index is 0.00000172. The summed E-state index contributed by atoms with van der Waals surface area (Å²) >= 11 is 2.15. The van der Waals surface area contributed by atoms with Crippen molar-refractivity contribution in [3.8, 4) is 11.5 Å². The third-order valence-electron chi connectivity index (χ3n) is 2.51. The van der Waals surface area contributed by atoms with E-state index in [1.165, 1.54) is 0 Å². The minimum absolute atomic E-state index is 0.00650. The lowest BCUT2D eigenvalue weighted by Gasteiger charge is -2.21. The number of aliphatic hydroxyl groups excluding tert-OH is 2. The van der Waals surface area contributed by atoms with Crippen LogP contribution in [0, 0.1) is 0 Å². The molecular formula is C14H24INO4. The second-order valence-electron chi connectivity index (χ2n) is 4.30. The molecular weight excluding hydrogens is 373 g/mol. The summed E-state index contributed by atoms with van der Waals surface area (Å²) in [6.07, 6.45) is -0.859. The van der Waals surface area contributed by atoms with Gasteiger partial charge in [0.15, 0.2) is 0 Å². The van der Waals surface area contributed by atoms with E-state index in [-0.39, 0.29) is 19.4 Å². The fourth-order valence-electron chi connectivity index (χ4n) is 1.16. The fraction of sp³-hybridized carbons (Fsp3) is 0.571. The van der Waals surface area contributed by atoms with Crippen molar-refractivity contribution in [1.29, 1.82) is 0 Å². The van der Waals surface area contributed by atoms with Crippen LogP contribution in [0.15, 0.2) is 24.3 Å². The standard InChI is InChI=1S/C13H21NO4.CH3I/c1-10(14(2)3)18-13-6-4-12(5-7-13)17-9-11(16)8-15;1-2/h4-7,10-11,15-16H,8-9H2,1-3H3;1H3. The van der Waals surface area contributed by atoms with E-state index >= 15 is 0 Å². The van der Waals surface area contributed by atoms with Crippen LogP contribution in [0.4, 0.5) is 0 Å². The third kappa shape index (κ3) is 7.88. The Morgan fingerprint density at radius 3 is 2.10 bits per heavy atom. The van der Waals surface area contributed by atoms with Gasteiger partial charge in [-0.1, -0.05) is 22.6 Å². The van der Waals surface area contributed by atoms with E-state index in [4.69, 9.17) is 19.7 Å². The summed E-state index contributed by atoms with van der Waals surface area (Å²) in [5, 5.41) is 17.8. The predicted molar refractivity (Wildman–Crippen MR) is 88.8 cm³/mol. The van der Waals surface area contributed by atoms with Crippen molar-refractivity contribution in [1.82, 2.24) is 4.90 Å². The molecule has 0 aliphatic heterocycles. The van der Waals surface area contributed by atoms with Gasteiger partial charge in [-0.2, -0.15) is 0 Å². The zero-order chi connectivity index (χ0) is 15.5. The van der Waals surface area contributed by atoms with Gasteiger partial charge in [-0.05, 0) is 50.2 Å². The molecule has 0 aromatic heterocycles. The molecule has 0 saturated heterocycles. The van der Waals surface area contributed by atoms with Crippen LogP contribution in [0.25, 0.3) is 0 Å². The molecule has 2 atom stereocenters. The molecule has 20 heavy (non-hydrogen) atoms. The van der Waals surface area contributed by atoms with Gasteiger partial charge in [-0.25, -0.2) is 0 Å². The molecule has 1 aromatic rings.